The normalized spacial score (nSPS) is 16.2. The largest absolute Gasteiger partial charge is 0.508 e. The molecule has 144 valence electrons. The summed E-state index contributed by atoms with van der Waals surface area (Å²) in [6, 6.07) is 12.5. The fourth-order valence-corrected chi connectivity index (χ4v) is 3.78. The van der Waals surface area contributed by atoms with Gasteiger partial charge in [-0.1, -0.05) is 12.1 Å². The minimum absolute atomic E-state index is 0.00622. The second-order valence-electron chi connectivity index (χ2n) is 6.78. The highest BCUT2D eigenvalue weighted by Crippen LogP contribution is 2.51. The number of phenols is 1. The van der Waals surface area contributed by atoms with Crippen molar-refractivity contribution >= 4 is 11.5 Å². The number of nitriles is 1. The minimum Gasteiger partial charge on any atom is -0.508 e. The van der Waals surface area contributed by atoms with Crippen LogP contribution in [-0.2, 0) is 0 Å². The Bertz CT molecular complexity index is 1200. The molecule has 3 aromatic rings. The van der Waals surface area contributed by atoms with Gasteiger partial charge in [0.05, 0.1) is 11.3 Å². The molecule has 0 amide bonds. The molecular weight excluding hydrogens is 372 g/mol. The zero-order valence-corrected chi connectivity index (χ0v) is 15.2. The first-order chi connectivity index (χ1) is 14.1. The molecule has 3 heterocycles. The van der Waals surface area contributed by atoms with E-state index in [0.29, 0.717) is 36.0 Å². The van der Waals surface area contributed by atoms with Gasteiger partial charge in [-0.05, 0) is 23.8 Å². The summed E-state index contributed by atoms with van der Waals surface area (Å²) in [5.74, 6) is 1.59. The lowest BCUT2D eigenvalue weighted by Gasteiger charge is -2.30. The Labute approximate surface area is 165 Å². The molecular formula is C21H16N4O4. The zero-order valence-electron chi connectivity index (χ0n) is 15.2. The Morgan fingerprint density at radius 3 is 2.62 bits per heavy atom. The van der Waals surface area contributed by atoms with Crippen molar-refractivity contribution in [3.63, 3.8) is 0 Å². The van der Waals surface area contributed by atoms with Gasteiger partial charge >= 0.3 is 0 Å². The van der Waals surface area contributed by atoms with Gasteiger partial charge in [0.15, 0.2) is 11.5 Å². The average molecular weight is 388 g/mol. The first-order valence-electron chi connectivity index (χ1n) is 8.96. The maximum atomic E-state index is 9.91. The highest BCUT2D eigenvalue weighted by atomic mass is 16.6. The third kappa shape index (κ3) is 2.56. The minimum atomic E-state index is -0.398. The van der Waals surface area contributed by atoms with Crippen LogP contribution in [0.15, 0.2) is 36.4 Å². The monoisotopic (exact) mass is 388 g/mol. The van der Waals surface area contributed by atoms with E-state index in [2.05, 4.69) is 4.98 Å². The summed E-state index contributed by atoms with van der Waals surface area (Å²) in [6.07, 6.45) is 0. The molecule has 1 aromatic heterocycles. The van der Waals surface area contributed by atoms with E-state index in [-0.39, 0.29) is 28.7 Å². The van der Waals surface area contributed by atoms with Crippen LogP contribution in [0.1, 0.15) is 28.2 Å². The Morgan fingerprint density at radius 2 is 1.83 bits per heavy atom. The molecule has 1 atom stereocenters. The summed E-state index contributed by atoms with van der Waals surface area (Å²) in [7, 11) is 0. The van der Waals surface area contributed by atoms with Crippen LogP contribution in [-0.4, -0.2) is 23.3 Å². The van der Waals surface area contributed by atoms with Crippen molar-refractivity contribution < 1.29 is 19.3 Å². The molecule has 0 saturated carbocycles. The lowest BCUT2D eigenvalue weighted by Crippen LogP contribution is -2.18. The van der Waals surface area contributed by atoms with E-state index in [0.717, 1.165) is 11.1 Å². The standard InChI is InChI=1S/C21H16N4O4/c22-9-13-19(23)18-17(10-1-4-14-16(7-10)28-6-5-27-14)12-3-2-11(26)8-15(12)29-21(18)25-20(13)24/h1-4,7-8,17,26H,5-6H2,(H4,23,24,25). The maximum Gasteiger partial charge on any atom is 0.227 e. The fraction of sp³-hybridized carbons (Fsp3) is 0.143. The number of nitrogens with two attached hydrogens (primary N) is 2. The Hall–Kier alpha value is -4.12. The topological polar surface area (TPSA) is 137 Å². The SMILES string of the molecule is N#Cc1c(N)nc2c(c1N)C(c1ccc3c(c1)OCCO3)c1ccc(O)cc1O2. The van der Waals surface area contributed by atoms with E-state index in [9.17, 15) is 10.4 Å². The van der Waals surface area contributed by atoms with Gasteiger partial charge in [0, 0.05) is 17.5 Å². The Kier molecular flexibility index (Phi) is 3.64. The van der Waals surface area contributed by atoms with E-state index in [4.69, 9.17) is 25.7 Å². The predicted octanol–water partition coefficient (Wildman–Crippen LogP) is 2.88. The van der Waals surface area contributed by atoms with E-state index in [1.54, 1.807) is 12.1 Å². The Morgan fingerprint density at radius 1 is 1.03 bits per heavy atom. The molecule has 2 aromatic carbocycles. The van der Waals surface area contributed by atoms with Crippen LogP contribution in [0.2, 0.25) is 0 Å². The molecule has 8 nitrogen and oxygen atoms in total. The van der Waals surface area contributed by atoms with Gasteiger partial charge in [-0.15, -0.1) is 0 Å². The maximum absolute atomic E-state index is 9.91. The number of anilines is 2. The highest BCUT2D eigenvalue weighted by molar-refractivity contribution is 5.75. The number of phenolic OH excluding ortho intramolecular Hbond substituents is 1. The van der Waals surface area contributed by atoms with Crippen LogP contribution in [0.25, 0.3) is 0 Å². The van der Waals surface area contributed by atoms with Crippen molar-refractivity contribution in [1.29, 1.82) is 5.26 Å². The second-order valence-corrected chi connectivity index (χ2v) is 6.78. The first-order valence-corrected chi connectivity index (χ1v) is 8.96. The quantitative estimate of drug-likeness (QED) is 0.453. The van der Waals surface area contributed by atoms with Crippen LogP contribution in [0.5, 0.6) is 28.9 Å². The summed E-state index contributed by atoms with van der Waals surface area (Å²) < 4.78 is 17.2. The van der Waals surface area contributed by atoms with Gasteiger partial charge in [0.2, 0.25) is 5.88 Å². The number of hydrogen-bond acceptors (Lipinski definition) is 8. The molecule has 2 aliphatic heterocycles. The van der Waals surface area contributed by atoms with Crippen LogP contribution in [0.4, 0.5) is 11.5 Å². The highest BCUT2D eigenvalue weighted by Gasteiger charge is 2.34. The summed E-state index contributed by atoms with van der Waals surface area (Å²) in [5, 5.41) is 19.4. The van der Waals surface area contributed by atoms with E-state index < -0.39 is 5.92 Å². The van der Waals surface area contributed by atoms with Crippen molar-refractivity contribution in [3.8, 4) is 34.9 Å². The summed E-state index contributed by atoms with van der Waals surface area (Å²) in [4.78, 5) is 4.25. The van der Waals surface area contributed by atoms with Crippen molar-refractivity contribution in [2.24, 2.45) is 0 Å². The third-order valence-electron chi connectivity index (χ3n) is 5.08. The van der Waals surface area contributed by atoms with Crippen LogP contribution >= 0.6 is 0 Å². The van der Waals surface area contributed by atoms with Crippen molar-refractivity contribution in [1.82, 2.24) is 4.98 Å². The number of nitrogens with zero attached hydrogens (tertiary/aromatic N) is 2. The predicted molar refractivity (Wildman–Crippen MR) is 104 cm³/mol. The molecule has 0 saturated heterocycles. The molecule has 2 aliphatic rings. The van der Waals surface area contributed by atoms with Gasteiger partial charge in [-0.3, -0.25) is 0 Å². The van der Waals surface area contributed by atoms with Crippen molar-refractivity contribution in [2.75, 3.05) is 24.7 Å². The fourth-order valence-electron chi connectivity index (χ4n) is 3.78. The molecule has 0 spiro atoms. The van der Waals surface area contributed by atoms with Crippen molar-refractivity contribution in [2.45, 2.75) is 5.92 Å². The van der Waals surface area contributed by atoms with Crippen molar-refractivity contribution in [3.05, 3.63) is 58.7 Å². The first kappa shape index (κ1) is 17.0. The number of fused-ring (bicyclic) bond motifs is 3. The lowest BCUT2D eigenvalue weighted by atomic mass is 9.82. The van der Waals surface area contributed by atoms with Gasteiger partial charge in [0.25, 0.3) is 0 Å². The second kappa shape index (κ2) is 6.21. The van der Waals surface area contributed by atoms with Gasteiger partial charge in [-0.2, -0.15) is 10.2 Å². The Balaban J connectivity index is 1.78. The summed E-state index contributed by atoms with van der Waals surface area (Å²) >= 11 is 0. The molecule has 0 fully saturated rings. The van der Waals surface area contributed by atoms with E-state index in [1.165, 1.54) is 6.07 Å². The molecule has 8 heteroatoms. The van der Waals surface area contributed by atoms with Gasteiger partial charge in [0.1, 0.15) is 42.2 Å². The smallest absolute Gasteiger partial charge is 0.227 e. The molecule has 1 unspecified atom stereocenters. The number of ether oxygens (including phenoxy) is 3. The number of rotatable bonds is 1. The number of benzene rings is 2. The molecule has 29 heavy (non-hydrogen) atoms. The van der Waals surface area contributed by atoms with Crippen LogP contribution < -0.4 is 25.7 Å². The number of hydrogen-bond donors (Lipinski definition) is 3. The lowest BCUT2D eigenvalue weighted by molar-refractivity contribution is 0.171. The van der Waals surface area contributed by atoms with Gasteiger partial charge < -0.3 is 30.8 Å². The third-order valence-corrected chi connectivity index (χ3v) is 5.08. The number of pyridine rings is 1. The van der Waals surface area contributed by atoms with E-state index >= 15 is 0 Å². The van der Waals surface area contributed by atoms with Gasteiger partial charge in [-0.25, -0.2) is 0 Å². The summed E-state index contributed by atoms with van der Waals surface area (Å²) in [6.45, 7) is 0.959. The molecule has 0 radical (unpaired) electrons. The summed E-state index contributed by atoms with van der Waals surface area (Å²) in [5.41, 5.74) is 14.7. The van der Waals surface area contributed by atoms with E-state index in [1.807, 2.05) is 24.3 Å². The molecule has 5 N–H and O–H groups in total. The average Bonchev–Trinajstić information content (AvgIpc) is 2.72. The molecule has 5 rings (SSSR count). The number of nitrogen functional groups attached to an aromatic ring is 2. The van der Waals surface area contributed by atoms with Crippen LogP contribution in [0.3, 0.4) is 0 Å². The number of aromatic nitrogens is 1. The van der Waals surface area contributed by atoms with Crippen LogP contribution in [0, 0.1) is 11.3 Å². The number of aromatic hydroxyl groups is 1. The zero-order chi connectivity index (χ0) is 20.1. The molecule has 0 aliphatic carbocycles. The molecule has 0 bridgehead atoms.